The van der Waals surface area contributed by atoms with Crippen LogP contribution in [0.3, 0.4) is 0 Å². The van der Waals surface area contributed by atoms with Crippen LogP contribution in [0.15, 0.2) is 48.5 Å². The van der Waals surface area contributed by atoms with Crippen molar-refractivity contribution in [3.63, 3.8) is 0 Å². The molecule has 0 aliphatic heterocycles. The lowest BCUT2D eigenvalue weighted by Crippen LogP contribution is -2.21. The Labute approximate surface area is 127 Å². The summed E-state index contributed by atoms with van der Waals surface area (Å²) >= 11 is 0. The predicted octanol–water partition coefficient (Wildman–Crippen LogP) is 5.09. The van der Waals surface area contributed by atoms with Crippen LogP contribution in [-0.2, 0) is 5.41 Å². The summed E-state index contributed by atoms with van der Waals surface area (Å²) < 4.78 is 0. The number of fused-ring (bicyclic) bond motifs is 1. The third kappa shape index (κ3) is 2.41. The molecule has 0 spiro atoms. The first kappa shape index (κ1) is 13.7. The minimum Gasteiger partial charge on any atom is -0.115 e. The van der Waals surface area contributed by atoms with E-state index in [1.54, 1.807) is 0 Å². The zero-order valence-electron chi connectivity index (χ0n) is 12.9. The molecule has 2 aromatic rings. The first-order chi connectivity index (χ1) is 10.0. The summed E-state index contributed by atoms with van der Waals surface area (Å²) in [6, 6.07) is 15.1. The summed E-state index contributed by atoms with van der Waals surface area (Å²) in [5, 5.41) is 0. The molecule has 0 bridgehead atoms. The van der Waals surface area contributed by atoms with Crippen LogP contribution in [0.4, 0.5) is 0 Å². The van der Waals surface area contributed by atoms with Crippen molar-refractivity contribution in [1.82, 2.24) is 0 Å². The maximum Gasteiger partial charge on any atom is 0.0248 e. The second kappa shape index (κ2) is 4.93. The number of benzene rings is 2. The maximum absolute atomic E-state index is 5.59. The van der Waals surface area contributed by atoms with Gasteiger partial charge in [0.2, 0.25) is 0 Å². The van der Waals surface area contributed by atoms with E-state index in [0.717, 1.165) is 12.0 Å². The van der Waals surface area contributed by atoms with Crippen molar-refractivity contribution >= 4 is 5.57 Å². The number of aryl methyl sites for hydroxylation is 1. The second-order valence-electron chi connectivity index (χ2n) is 6.48. The number of terminal acetylenes is 1. The second-order valence-corrected chi connectivity index (χ2v) is 6.48. The van der Waals surface area contributed by atoms with Crippen LogP contribution in [0.1, 0.15) is 48.1 Å². The highest BCUT2D eigenvalue weighted by atomic mass is 14.3. The first-order valence-electron chi connectivity index (χ1n) is 7.40. The van der Waals surface area contributed by atoms with E-state index in [0.29, 0.717) is 0 Å². The minimum atomic E-state index is 0.163. The van der Waals surface area contributed by atoms with Crippen LogP contribution >= 0.6 is 0 Å². The van der Waals surface area contributed by atoms with Crippen molar-refractivity contribution in [2.24, 2.45) is 0 Å². The van der Waals surface area contributed by atoms with E-state index in [2.05, 4.69) is 75.2 Å². The normalized spacial score (nSPS) is 15.8. The van der Waals surface area contributed by atoms with E-state index >= 15 is 0 Å². The highest BCUT2D eigenvalue weighted by Crippen LogP contribution is 2.41. The van der Waals surface area contributed by atoms with Crippen LogP contribution in [0.5, 0.6) is 0 Å². The quantitative estimate of drug-likeness (QED) is 0.634. The smallest absolute Gasteiger partial charge is 0.0248 e. The summed E-state index contributed by atoms with van der Waals surface area (Å²) in [5.41, 5.74) is 7.65. The Morgan fingerprint density at radius 2 is 1.76 bits per heavy atom. The molecule has 0 fully saturated rings. The molecule has 0 unspecified atom stereocenters. The van der Waals surface area contributed by atoms with Gasteiger partial charge in [-0.3, -0.25) is 0 Å². The van der Waals surface area contributed by atoms with Gasteiger partial charge in [0.1, 0.15) is 0 Å². The molecule has 1 aliphatic carbocycles. The van der Waals surface area contributed by atoms with Crippen LogP contribution in [0.2, 0.25) is 0 Å². The average molecular weight is 272 g/mol. The fourth-order valence-electron chi connectivity index (χ4n) is 3.03. The van der Waals surface area contributed by atoms with Crippen LogP contribution < -0.4 is 0 Å². The summed E-state index contributed by atoms with van der Waals surface area (Å²) in [6.07, 6.45) is 8.99. The lowest BCUT2D eigenvalue weighted by atomic mass is 9.72. The summed E-state index contributed by atoms with van der Waals surface area (Å²) in [5.74, 6) is 2.76. The van der Waals surface area contributed by atoms with Crippen molar-refractivity contribution in [3.05, 3.63) is 76.4 Å². The number of hydrogen-bond donors (Lipinski definition) is 0. The highest BCUT2D eigenvalue weighted by molar-refractivity contribution is 5.84. The van der Waals surface area contributed by atoms with Crippen LogP contribution in [-0.4, -0.2) is 0 Å². The molecule has 2 aromatic carbocycles. The molecular formula is C21H20. The lowest BCUT2D eigenvalue weighted by Gasteiger charge is -2.32. The molecule has 0 nitrogen and oxygen atoms in total. The van der Waals surface area contributed by atoms with E-state index in [1.165, 1.54) is 27.8 Å². The molecule has 1 aliphatic rings. The molecule has 3 rings (SSSR count). The lowest BCUT2D eigenvalue weighted by molar-refractivity contribution is 0.527. The first-order valence-corrected chi connectivity index (χ1v) is 7.40. The Balaban J connectivity index is 2.19. The van der Waals surface area contributed by atoms with Gasteiger partial charge in [0, 0.05) is 5.56 Å². The molecule has 0 atom stereocenters. The summed E-state index contributed by atoms with van der Waals surface area (Å²) in [6.45, 7) is 6.71. The highest BCUT2D eigenvalue weighted by Gasteiger charge is 2.28. The van der Waals surface area contributed by atoms with Crippen molar-refractivity contribution < 1.29 is 0 Å². The SMILES string of the molecule is C#Cc1ccc2c(c1)C(c1ccc(C)cc1)=CCC2(C)C. The zero-order valence-corrected chi connectivity index (χ0v) is 12.9. The third-order valence-corrected chi connectivity index (χ3v) is 4.38. The van der Waals surface area contributed by atoms with Crippen LogP contribution in [0, 0.1) is 19.3 Å². The molecule has 0 aromatic heterocycles. The molecule has 21 heavy (non-hydrogen) atoms. The molecule has 0 saturated carbocycles. The monoisotopic (exact) mass is 272 g/mol. The van der Waals surface area contributed by atoms with Gasteiger partial charge in [0.25, 0.3) is 0 Å². The fourth-order valence-corrected chi connectivity index (χ4v) is 3.03. The molecule has 0 radical (unpaired) electrons. The number of rotatable bonds is 1. The average Bonchev–Trinajstić information content (AvgIpc) is 2.48. The van der Waals surface area contributed by atoms with Crippen molar-refractivity contribution in [2.75, 3.05) is 0 Å². The minimum absolute atomic E-state index is 0.163. The van der Waals surface area contributed by atoms with Gasteiger partial charge in [0.15, 0.2) is 0 Å². The third-order valence-electron chi connectivity index (χ3n) is 4.38. The largest absolute Gasteiger partial charge is 0.115 e. The van der Waals surface area contributed by atoms with Gasteiger partial charge in [-0.25, -0.2) is 0 Å². The van der Waals surface area contributed by atoms with Gasteiger partial charge in [-0.15, -0.1) is 6.42 Å². The van der Waals surface area contributed by atoms with Gasteiger partial charge >= 0.3 is 0 Å². The molecule has 0 heteroatoms. The predicted molar refractivity (Wildman–Crippen MR) is 90.3 cm³/mol. The Morgan fingerprint density at radius 3 is 2.43 bits per heavy atom. The molecule has 0 amide bonds. The number of allylic oxidation sites excluding steroid dienone is 1. The van der Waals surface area contributed by atoms with Gasteiger partial charge in [-0.05, 0) is 53.2 Å². The standard InChI is InChI=1S/C21H20/c1-5-16-8-11-20-19(14-16)18(12-13-21(20,3)4)17-9-6-15(2)7-10-17/h1,6-12,14H,13H2,2-4H3. The zero-order chi connectivity index (χ0) is 15.0. The Bertz CT molecular complexity index is 750. The Hall–Kier alpha value is -2.26. The van der Waals surface area contributed by atoms with Gasteiger partial charge in [-0.2, -0.15) is 0 Å². The Kier molecular flexibility index (Phi) is 3.22. The molecular weight excluding hydrogens is 252 g/mol. The van der Waals surface area contributed by atoms with E-state index in [1.807, 2.05) is 0 Å². The van der Waals surface area contributed by atoms with Crippen molar-refractivity contribution in [3.8, 4) is 12.3 Å². The topological polar surface area (TPSA) is 0 Å². The van der Waals surface area contributed by atoms with Crippen LogP contribution in [0.25, 0.3) is 5.57 Å². The molecule has 0 saturated heterocycles. The number of hydrogen-bond acceptors (Lipinski definition) is 0. The molecule has 104 valence electrons. The van der Waals surface area contributed by atoms with E-state index < -0.39 is 0 Å². The maximum atomic E-state index is 5.59. The fraction of sp³-hybridized carbons (Fsp3) is 0.238. The van der Waals surface area contributed by atoms with Gasteiger partial charge in [0.05, 0.1) is 0 Å². The van der Waals surface area contributed by atoms with Gasteiger partial charge in [-0.1, -0.05) is 61.7 Å². The van der Waals surface area contributed by atoms with Gasteiger partial charge < -0.3 is 0 Å². The molecule has 0 heterocycles. The summed E-state index contributed by atoms with van der Waals surface area (Å²) in [7, 11) is 0. The van der Waals surface area contributed by atoms with E-state index in [-0.39, 0.29) is 5.41 Å². The van der Waals surface area contributed by atoms with E-state index in [4.69, 9.17) is 6.42 Å². The van der Waals surface area contributed by atoms with Crippen molar-refractivity contribution in [2.45, 2.75) is 32.6 Å². The van der Waals surface area contributed by atoms with E-state index in [9.17, 15) is 0 Å². The van der Waals surface area contributed by atoms with Crippen molar-refractivity contribution in [1.29, 1.82) is 0 Å². The summed E-state index contributed by atoms with van der Waals surface area (Å²) in [4.78, 5) is 0. The molecule has 0 N–H and O–H groups in total. The Morgan fingerprint density at radius 1 is 1.05 bits per heavy atom.